The minimum atomic E-state index is -1.34. The van der Waals surface area contributed by atoms with Gasteiger partial charge in [0.25, 0.3) is 5.91 Å². The lowest BCUT2D eigenvalue weighted by Gasteiger charge is -2.15. The molecule has 0 saturated heterocycles. The molecule has 1 aromatic heterocycles. The van der Waals surface area contributed by atoms with Gasteiger partial charge in [-0.05, 0) is 31.0 Å². The second-order valence-corrected chi connectivity index (χ2v) is 5.72. The Morgan fingerprint density at radius 1 is 1.46 bits per heavy atom. The Bertz CT molecular complexity index is 776. The number of benzene rings is 1. The lowest BCUT2D eigenvalue weighted by atomic mass is 10.1. The Labute approximate surface area is 143 Å². The van der Waals surface area contributed by atoms with Gasteiger partial charge in [-0.1, -0.05) is 24.6 Å². The van der Waals surface area contributed by atoms with E-state index in [9.17, 15) is 19.1 Å². The van der Waals surface area contributed by atoms with Crippen molar-refractivity contribution in [2.24, 2.45) is 0 Å². The quantitative estimate of drug-likeness (QED) is 0.836. The zero-order chi connectivity index (χ0) is 17.9. The molecule has 1 amide bonds. The van der Waals surface area contributed by atoms with Gasteiger partial charge in [0, 0.05) is 12.7 Å². The normalized spacial score (nSPS) is 12.0. The third kappa shape index (κ3) is 3.91. The molecule has 6 nitrogen and oxygen atoms in total. The third-order valence-electron chi connectivity index (χ3n) is 3.44. The summed E-state index contributed by atoms with van der Waals surface area (Å²) in [6.45, 7) is 4.31. The fraction of sp³-hybridized carbons (Fsp3) is 0.312. The Kier molecular flexibility index (Phi) is 5.56. The molecule has 1 heterocycles. The van der Waals surface area contributed by atoms with E-state index in [1.807, 2.05) is 6.92 Å². The SMILES string of the molecule is CCCn1cc(C(=O)N[C@H](C(=O)O)c2ccc(F)c(Cl)c2)c(C)n1. The molecule has 0 aliphatic rings. The van der Waals surface area contributed by atoms with Gasteiger partial charge >= 0.3 is 5.97 Å². The highest BCUT2D eigenvalue weighted by molar-refractivity contribution is 6.30. The summed E-state index contributed by atoms with van der Waals surface area (Å²) in [5.41, 5.74) is 0.978. The second-order valence-electron chi connectivity index (χ2n) is 5.31. The Hall–Kier alpha value is -2.41. The molecule has 2 aromatic rings. The van der Waals surface area contributed by atoms with E-state index in [1.165, 1.54) is 12.1 Å². The average Bonchev–Trinajstić information content (AvgIpc) is 2.88. The van der Waals surface area contributed by atoms with Crippen molar-refractivity contribution in [2.75, 3.05) is 0 Å². The molecule has 1 aromatic carbocycles. The molecule has 0 spiro atoms. The van der Waals surface area contributed by atoms with Crippen LogP contribution in [0.4, 0.5) is 4.39 Å². The van der Waals surface area contributed by atoms with E-state index in [0.717, 1.165) is 12.5 Å². The number of carbonyl (C=O) groups is 2. The summed E-state index contributed by atoms with van der Waals surface area (Å²) >= 11 is 5.69. The van der Waals surface area contributed by atoms with E-state index < -0.39 is 23.7 Å². The Morgan fingerprint density at radius 3 is 2.75 bits per heavy atom. The van der Waals surface area contributed by atoms with Crippen LogP contribution in [-0.4, -0.2) is 26.8 Å². The minimum Gasteiger partial charge on any atom is -0.479 e. The van der Waals surface area contributed by atoms with Crippen LogP contribution in [0.2, 0.25) is 5.02 Å². The first-order valence-electron chi connectivity index (χ1n) is 7.36. The number of carboxylic acid groups (broad SMARTS) is 1. The molecule has 0 aliphatic heterocycles. The molecule has 0 unspecified atom stereocenters. The maximum atomic E-state index is 13.2. The molecule has 0 saturated carbocycles. The maximum absolute atomic E-state index is 13.2. The van der Waals surface area contributed by atoms with E-state index in [4.69, 9.17) is 11.6 Å². The maximum Gasteiger partial charge on any atom is 0.330 e. The number of hydrogen-bond donors (Lipinski definition) is 2. The molecular formula is C16H17ClFN3O3. The second kappa shape index (κ2) is 7.44. The van der Waals surface area contributed by atoms with E-state index >= 15 is 0 Å². The summed E-state index contributed by atoms with van der Waals surface area (Å²) in [5, 5.41) is 15.8. The molecular weight excluding hydrogens is 337 g/mol. The predicted octanol–water partition coefficient (Wildman–Crippen LogP) is 2.95. The van der Waals surface area contributed by atoms with E-state index in [2.05, 4.69) is 10.4 Å². The minimum absolute atomic E-state index is 0.181. The lowest BCUT2D eigenvalue weighted by molar-refractivity contribution is -0.139. The zero-order valence-electron chi connectivity index (χ0n) is 13.2. The summed E-state index contributed by atoms with van der Waals surface area (Å²) < 4.78 is 14.9. The van der Waals surface area contributed by atoms with Crippen molar-refractivity contribution < 1.29 is 19.1 Å². The van der Waals surface area contributed by atoms with Crippen molar-refractivity contribution in [3.05, 3.63) is 52.1 Å². The summed E-state index contributed by atoms with van der Waals surface area (Å²) in [6, 6.07) is 2.17. The number of amides is 1. The summed E-state index contributed by atoms with van der Waals surface area (Å²) in [5.74, 6) is -2.50. The molecule has 24 heavy (non-hydrogen) atoms. The monoisotopic (exact) mass is 353 g/mol. The van der Waals surface area contributed by atoms with Gasteiger partial charge in [-0.3, -0.25) is 9.48 Å². The van der Waals surface area contributed by atoms with Gasteiger partial charge in [-0.2, -0.15) is 5.10 Å². The topological polar surface area (TPSA) is 84.2 Å². The number of nitrogens with one attached hydrogen (secondary N) is 1. The smallest absolute Gasteiger partial charge is 0.330 e. The van der Waals surface area contributed by atoms with Crippen LogP contribution in [0, 0.1) is 12.7 Å². The van der Waals surface area contributed by atoms with Crippen LogP contribution in [0.5, 0.6) is 0 Å². The van der Waals surface area contributed by atoms with Crippen LogP contribution >= 0.6 is 11.6 Å². The Morgan fingerprint density at radius 2 is 2.17 bits per heavy atom. The number of carboxylic acids is 1. The highest BCUT2D eigenvalue weighted by atomic mass is 35.5. The molecule has 128 valence electrons. The van der Waals surface area contributed by atoms with Crippen LogP contribution < -0.4 is 5.32 Å². The summed E-state index contributed by atoms with van der Waals surface area (Å²) in [6.07, 6.45) is 2.43. The standard InChI is InChI=1S/C16H17ClFN3O3/c1-3-6-21-8-11(9(2)20-21)15(22)19-14(16(23)24)10-4-5-13(18)12(17)7-10/h4-5,7-8,14H,3,6H2,1-2H3,(H,19,22)(H,23,24)/t14-/m0/s1. The van der Waals surface area contributed by atoms with Crippen LogP contribution in [0.15, 0.2) is 24.4 Å². The Balaban J connectivity index is 2.25. The number of aliphatic carboxylic acids is 1. The van der Waals surface area contributed by atoms with Crippen LogP contribution in [-0.2, 0) is 11.3 Å². The fourth-order valence-electron chi connectivity index (χ4n) is 2.27. The van der Waals surface area contributed by atoms with Gasteiger partial charge in [0.2, 0.25) is 0 Å². The molecule has 0 radical (unpaired) electrons. The van der Waals surface area contributed by atoms with Crippen molar-refractivity contribution in [1.29, 1.82) is 0 Å². The largest absolute Gasteiger partial charge is 0.479 e. The first-order valence-corrected chi connectivity index (χ1v) is 7.74. The number of hydrogen-bond acceptors (Lipinski definition) is 3. The molecule has 0 aliphatic carbocycles. The molecule has 2 N–H and O–H groups in total. The van der Waals surface area contributed by atoms with Gasteiger partial charge in [0.05, 0.1) is 16.3 Å². The van der Waals surface area contributed by atoms with E-state index in [-0.39, 0.29) is 10.6 Å². The first kappa shape index (κ1) is 17.9. The summed E-state index contributed by atoms with van der Waals surface area (Å²) in [4.78, 5) is 23.9. The fourth-order valence-corrected chi connectivity index (χ4v) is 2.46. The van der Waals surface area contributed by atoms with Gasteiger partial charge < -0.3 is 10.4 Å². The van der Waals surface area contributed by atoms with Gasteiger partial charge in [-0.25, -0.2) is 9.18 Å². The third-order valence-corrected chi connectivity index (χ3v) is 3.73. The van der Waals surface area contributed by atoms with Crippen LogP contribution in [0.25, 0.3) is 0 Å². The zero-order valence-corrected chi connectivity index (χ0v) is 14.0. The molecule has 2 rings (SSSR count). The molecule has 0 fully saturated rings. The van der Waals surface area contributed by atoms with Crippen molar-refractivity contribution in [1.82, 2.24) is 15.1 Å². The van der Waals surface area contributed by atoms with Crippen molar-refractivity contribution in [3.63, 3.8) is 0 Å². The molecule has 8 heteroatoms. The number of carbonyl (C=O) groups excluding carboxylic acids is 1. The van der Waals surface area contributed by atoms with Crippen LogP contribution in [0.1, 0.15) is 41.0 Å². The number of rotatable bonds is 6. The van der Waals surface area contributed by atoms with Crippen molar-refractivity contribution in [2.45, 2.75) is 32.9 Å². The molecule has 0 bridgehead atoms. The molecule has 1 atom stereocenters. The number of nitrogens with zero attached hydrogens (tertiary/aromatic N) is 2. The highest BCUT2D eigenvalue weighted by Crippen LogP contribution is 2.22. The van der Waals surface area contributed by atoms with Gasteiger partial charge in [0.15, 0.2) is 6.04 Å². The number of aromatic nitrogens is 2. The van der Waals surface area contributed by atoms with E-state index in [0.29, 0.717) is 17.8 Å². The first-order chi connectivity index (χ1) is 11.3. The van der Waals surface area contributed by atoms with E-state index in [1.54, 1.807) is 17.8 Å². The number of aryl methyl sites for hydroxylation is 2. The lowest BCUT2D eigenvalue weighted by Crippen LogP contribution is -2.34. The summed E-state index contributed by atoms with van der Waals surface area (Å²) in [7, 11) is 0. The number of halogens is 2. The average molecular weight is 354 g/mol. The predicted molar refractivity (Wildman–Crippen MR) is 86.5 cm³/mol. The van der Waals surface area contributed by atoms with Crippen LogP contribution in [0.3, 0.4) is 0 Å². The van der Waals surface area contributed by atoms with Crippen molar-refractivity contribution in [3.8, 4) is 0 Å². The highest BCUT2D eigenvalue weighted by Gasteiger charge is 2.25. The van der Waals surface area contributed by atoms with Crippen molar-refractivity contribution >= 4 is 23.5 Å². The van der Waals surface area contributed by atoms with Gasteiger partial charge in [0.1, 0.15) is 5.82 Å². The van der Waals surface area contributed by atoms with Gasteiger partial charge in [-0.15, -0.1) is 0 Å².